The summed E-state index contributed by atoms with van der Waals surface area (Å²) >= 11 is 0. The van der Waals surface area contributed by atoms with Crippen molar-refractivity contribution in [3.63, 3.8) is 0 Å². The van der Waals surface area contributed by atoms with Gasteiger partial charge in [-0.25, -0.2) is 0 Å². The van der Waals surface area contributed by atoms with E-state index < -0.39 is 11.8 Å². The number of ether oxygens (including phenoxy) is 1. The van der Waals surface area contributed by atoms with Crippen molar-refractivity contribution in [1.29, 1.82) is 0 Å². The van der Waals surface area contributed by atoms with E-state index >= 15 is 0 Å². The van der Waals surface area contributed by atoms with Gasteiger partial charge in [-0.15, -0.1) is 0 Å². The maximum atomic E-state index is 11.5. The van der Waals surface area contributed by atoms with E-state index in [0.717, 1.165) is 11.6 Å². The van der Waals surface area contributed by atoms with E-state index in [1.165, 1.54) is 0 Å². The lowest BCUT2D eigenvalue weighted by molar-refractivity contribution is -0.148. The summed E-state index contributed by atoms with van der Waals surface area (Å²) in [6.07, 6.45) is 1.53. The standard InChI is InChI=1S/C16H20O4/c1-12(2)20-16(19)11-15(18)10-14(17)9-8-13-6-4-3-5-7-13/h3-7,10,12,17H,8-9,11H2,1-2H3. The number of aliphatic hydroxyl groups is 1. The van der Waals surface area contributed by atoms with Crippen molar-refractivity contribution >= 4 is 11.8 Å². The lowest BCUT2D eigenvalue weighted by Crippen LogP contribution is -2.14. The first-order valence-electron chi connectivity index (χ1n) is 6.63. The average Bonchev–Trinajstić information content (AvgIpc) is 2.36. The zero-order chi connectivity index (χ0) is 15.0. The number of rotatable bonds is 7. The Morgan fingerprint density at radius 1 is 1.25 bits per heavy atom. The van der Waals surface area contributed by atoms with Gasteiger partial charge in [-0.2, -0.15) is 0 Å². The molecule has 1 aromatic carbocycles. The van der Waals surface area contributed by atoms with Crippen LogP contribution in [0.15, 0.2) is 42.2 Å². The summed E-state index contributed by atoms with van der Waals surface area (Å²) in [6, 6.07) is 9.67. The molecule has 1 N–H and O–H groups in total. The normalized spacial score (nSPS) is 11.4. The van der Waals surface area contributed by atoms with E-state index in [4.69, 9.17) is 4.74 Å². The van der Waals surface area contributed by atoms with Crippen molar-refractivity contribution in [2.24, 2.45) is 0 Å². The number of aliphatic hydroxyl groups excluding tert-OH is 1. The Bertz CT molecular complexity index is 475. The number of benzene rings is 1. The van der Waals surface area contributed by atoms with Gasteiger partial charge >= 0.3 is 5.97 Å². The van der Waals surface area contributed by atoms with Crippen LogP contribution < -0.4 is 0 Å². The Hall–Kier alpha value is -2.10. The maximum Gasteiger partial charge on any atom is 0.313 e. The molecule has 1 rings (SSSR count). The van der Waals surface area contributed by atoms with E-state index in [1.807, 2.05) is 30.3 Å². The second kappa shape index (κ2) is 8.15. The molecular weight excluding hydrogens is 256 g/mol. The molecule has 0 saturated carbocycles. The SMILES string of the molecule is CC(C)OC(=O)CC(=O)C=C(O)CCc1ccccc1. The fourth-order valence-electron chi connectivity index (χ4n) is 1.67. The van der Waals surface area contributed by atoms with Crippen LogP contribution in [0.2, 0.25) is 0 Å². The zero-order valence-corrected chi connectivity index (χ0v) is 11.8. The van der Waals surface area contributed by atoms with Gasteiger partial charge in [-0.05, 0) is 25.8 Å². The minimum Gasteiger partial charge on any atom is -0.512 e. The first-order valence-corrected chi connectivity index (χ1v) is 6.63. The highest BCUT2D eigenvalue weighted by Crippen LogP contribution is 2.07. The molecule has 0 atom stereocenters. The Morgan fingerprint density at radius 2 is 1.90 bits per heavy atom. The highest BCUT2D eigenvalue weighted by atomic mass is 16.5. The number of esters is 1. The molecule has 108 valence electrons. The predicted molar refractivity (Wildman–Crippen MR) is 76.3 cm³/mol. The quantitative estimate of drug-likeness (QED) is 0.360. The number of hydrogen-bond acceptors (Lipinski definition) is 4. The van der Waals surface area contributed by atoms with E-state index in [-0.39, 0.29) is 18.3 Å². The van der Waals surface area contributed by atoms with Gasteiger partial charge < -0.3 is 9.84 Å². The zero-order valence-electron chi connectivity index (χ0n) is 11.8. The second-order valence-electron chi connectivity index (χ2n) is 4.80. The highest BCUT2D eigenvalue weighted by Gasteiger charge is 2.11. The molecule has 1 aromatic rings. The summed E-state index contributed by atoms with van der Waals surface area (Å²) in [5, 5.41) is 9.66. The van der Waals surface area contributed by atoms with Gasteiger partial charge in [0.25, 0.3) is 0 Å². The lowest BCUT2D eigenvalue weighted by Gasteiger charge is -2.06. The fourth-order valence-corrected chi connectivity index (χ4v) is 1.67. The second-order valence-corrected chi connectivity index (χ2v) is 4.80. The molecule has 0 unspecified atom stereocenters. The predicted octanol–water partition coefficient (Wildman–Crippen LogP) is 2.97. The van der Waals surface area contributed by atoms with Crippen LogP contribution in [0.25, 0.3) is 0 Å². The minimum atomic E-state index is -0.572. The van der Waals surface area contributed by atoms with Gasteiger partial charge in [0, 0.05) is 12.5 Å². The van der Waals surface area contributed by atoms with Crippen molar-refractivity contribution in [3.8, 4) is 0 Å². The monoisotopic (exact) mass is 276 g/mol. The smallest absolute Gasteiger partial charge is 0.313 e. The third kappa shape index (κ3) is 6.73. The van der Waals surface area contributed by atoms with Crippen molar-refractivity contribution in [2.75, 3.05) is 0 Å². The van der Waals surface area contributed by atoms with Crippen molar-refractivity contribution in [3.05, 3.63) is 47.7 Å². The average molecular weight is 276 g/mol. The Labute approximate surface area is 119 Å². The molecule has 0 aliphatic heterocycles. The summed E-state index contributed by atoms with van der Waals surface area (Å²) in [7, 11) is 0. The molecule has 0 saturated heterocycles. The van der Waals surface area contributed by atoms with E-state index in [0.29, 0.717) is 12.8 Å². The third-order valence-corrected chi connectivity index (χ3v) is 2.53. The van der Waals surface area contributed by atoms with Crippen LogP contribution in [0.3, 0.4) is 0 Å². The van der Waals surface area contributed by atoms with Crippen LogP contribution >= 0.6 is 0 Å². The molecule has 0 spiro atoms. The molecule has 0 heterocycles. The molecule has 0 fully saturated rings. The van der Waals surface area contributed by atoms with Gasteiger partial charge in [0.15, 0.2) is 5.78 Å². The molecule has 0 radical (unpaired) electrons. The molecule has 0 aliphatic carbocycles. The van der Waals surface area contributed by atoms with Gasteiger partial charge in [0.1, 0.15) is 6.42 Å². The van der Waals surface area contributed by atoms with Crippen LogP contribution in [0.1, 0.15) is 32.3 Å². The van der Waals surface area contributed by atoms with E-state index in [1.54, 1.807) is 13.8 Å². The lowest BCUT2D eigenvalue weighted by atomic mass is 10.1. The molecule has 20 heavy (non-hydrogen) atoms. The molecule has 4 heteroatoms. The molecule has 0 bridgehead atoms. The number of carbonyl (C=O) groups is 2. The van der Waals surface area contributed by atoms with Crippen LogP contribution in [0, 0.1) is 0 Å². The van der Waals surface area contributed by atoms with E-state index in [9.17, 15) is 14.7 Å². The number of allylic oxidation sites excluding steroid dienone is 2. The first-order chi connectivity index (χ1) is 9.47. The van der Waals surface area contributed by atoms with Crippen molar-refractivity contribution < 1.29 is 19.4 Å². The summed E-state index contributed by atoms with van der Waals surface area (Å²) in [6.45, 7) is 3.44. The van der Waals surface area contributed by atoms with Gasteiger partial charge in [0.05, 0.1) is 11.9 Å². The minimum absolute atomic E-state index is 0.0174. The number of carbonyl (C=O) groups excluding carboxylic acids is 2. The molecule has 0 amide bonds. The highest BCUT2D eigenvalue weighted by molar-refractivity contribution is 6.02. The molecule has 0 aromatic heterocycles. The van der Waals surface area contributed by atoms with Crippen LogP contribution in [0.4, 0.5) is 0 Å². The molecular formula is C16H20O4. The topological polar surface area (TPSA) is 63.6 Å². The summed E-state index contributed by atoms with van der Waals surface area (Å²) < 4.78 is 4.86. The summed E-state index contributed by atoms with van der Waals surface area (Å²) in [5.74, 6) is -1.03. The number of aryl methyl sites for hydroxylation is 1. The Balaban J connectivity index is 2.40. The van der Waals surface area contributed by atoms with E-state index in [2.05, 4.69) is 0 Å². The fraction of sp³-hybridized carbons (Fsp3) is 0.375. The first kappa shape index (κ1) is 16.0. The molecule has 0 aliphatic rings. The van der Waals surface area contributed by atoms with Crippen LogP contribution in [0.5, 0.6) is 0 Å². The van der Waals surface area contributed by atoms with Gasteiger partial charge in [-0.3, -0.25) is 9.59 Å². The Kier molecular flexibility index (Phi) is 6.50. The third-order valence-electron chi connectivity index (χ3n) is 2.53. The maximum absolute atomic E-state index is 11.5. The number of ketones is 1. The van der Waals surface area contributed by atoms with Crippen molar-refractivity contribution in [2.45, 2.75) is 39.2 Å². The summed E-state index contributed by atoms with van der Waals surface area (Å²) in [4.78, 5) is 22.8. The summed E-state index contributed by atoms with van der Waals surface area (Å²) in [5.41, 5.74) is 1.08. The van der Waals surface area contributed by atoms with Gasteiger partial charge in [0.2, 0.25) is 0 Å². The number of hydrogen-bond donors (Lipinski definition) is 1. The Morgan fingerprint density at radius 3 is 2.50 bits per heavy atom. The van der Waals surface area contributed by atoms with Crippen LogP contribution in [-0.2, 0) is 20.7 Å². The van der Waals surface area contributed by atoms with Crippen LogP contribution in [-0.4, -0.2) is 23.0 Å². The van der Waals surface area contributed by atoms with Crippen molar-refractivity contribution in [1.82, 2.24) is 0 Å². The molecule has 4 nitrogen and oxygen atoms in total. The van der Waals surface area contributed by atoms with Gasteiger partial charge in [-0.1, -0.05) is 30.3 Å². The largest absolute Gasteiger partial charge is 0.512 e.